The van der Waals surface area contributed by atoms with Crippen LogP contribution in [0.3, 0.4) is 0 Å². The van der Waals surface area contributed by atoms with E-state index in [-0.39, 0.29) is 0 Å². The van der Waals surface area contributed by atoms with Gasteiger partial charge in [-0.3, -0.25) is 4.90 Å². The van der Waals surface area contributed by atoms with Crippen molar-refractivity contribution in [2.45, 2.75) is 20.0 Å². The molecule has 0 atom stereocenters. The molecule has 3 heteroatoms. The minimum absolute atomic E-state index is 0.714. The van der Waals surface area contributed by atoms with E-state index in [0.29, 0.717) is 5.56 Å². The van der Waals surface area contributed by atoms with E-state index < -0.39 is 0 Å². The molecule has 0 aliphatic heterocycles. The first-order valence-electron chi connectivity index (χ1n) is 6.51. The topological polar surface area (TPSA) is 27.0 Å². The molecule has 0 bridgehead atoms. The lowest BCUT2D eigenvalue weighted by atomic mass is 10.1. The van der Waals surface area contributed by atoms with Gasteiger partial charge in [-0.15, -0.1) is 0 Å². The molecule has 0 heterocycles. The Morgan fingerprint density at radius 2 is 1.80 bits per heavy atom. The highest BCUT2D eigenvalue weighted by Crippen LogP contribution is 2.15. The zero-order chi connectivity index (χ0) is 14.5. The second-order valence-electron chi connectivity index (χ2n) is 5.05. The van der Waals surface area contributed by atoms with Crippen molar-refractivity contribution in [3.63, 3.8) is 0 Å². The van der Waals surface area contributed by atoms with E-state index in [0.717, 1.165) is 23.7 Å². The Kier molecular flexibility index (Phi) is 4.79. The summed E-state index contributed by atoms with van der Waals surface area (Å²) in [4.78, 5) is 2.25. The number of rotatable bonds is 4. The van der Waals surface area contributed by atoms with Gasteiger partial charge in [0, 0.05) is 18.1 Å². The maximum atomic E-state index is 8.88. The molecule has 0 N–H and O–H groups in total. The Morgan fingerprint density at radius 3 is 2.40 bits per heavy atom. The predicted octanol–water partition coefficient (Wildman–Crippen LogP) is 4.15. The van der Waals surface area contributed by atoms with Crippen LogP contribution >= 0.6 is 11.6 Å². The van der Waals surface area contributed by atoms with Gasteiger partial charge < -0.3 is 0 Å². The van der Waals surface area contributed by atoms with Gasteiger partial charge in [-0.05, 0) is 54.9 Å². The molecular formula is C17H17ClN2. The highest BCUT2D eigenvalue weighted by Gasteiger charge is 2.05. The number of hydrogen-bond donors (Lipinski definition) is 0. The lowest BCUT2D eigenvalue weighted by Gasteiger charge is -2.18. The van der Waals surface area contributed by atoms with E-state index in [9.17, 15) is 0 Å². The first-order chi connectivity index (χ1) is 9.58. The zero-order valence-corrected chi connectivity index (χ0v) is 12.5. The standard InChI is InChI=1S/C17H17ClN2/c1-13-9-15(10-19)3-6-16(13)12-20(2)11-14-4-7-17(18)8-5-14/h3-9H,11-12H2,1-2H3. The van der Waals surface area contributed by atoms with E-state index in [1.54, 1.807) is 0 Å². The molecule has 0 radical (unpaired) electrons. The number of halogens is 1. The minimum Gasteiger partial charge on any atom is -0.298 e. The van der Waals surface area contributed by atoms with Gasteiger partial charge in [0.1, 0.15) is 0 Å². The van der Waals surface area contributed by atoms with Crippen LogP contribution in [0.25, 0.3) is 0 Å². The third-order valence-electron chi connectivity index (χ3n) is 3.28. The molecule has 0 fully saturated rings. The third kappa shape index (κ3) is 3.84. The van der Waals surface area contributed by atoms with Gasteiger partial charge in [-0.2, -0.15) is 5.26 Å². The highest BCUT2D eigenvalue weighted by atomic mass is 35.5. The van der Waals surface area contributed by atoms with Crippen molar-refractivity contribution in [1.29, 1.82) is 5.26 Å². The van der Waals surface area contributed by atoms with Crippen LogP contribution in [-0.4, -0.2) is 11.9 Å². The van der Waals surface area contributed by atoms with Gasteiger partial charge in [0.2, 0.25) is 0 Å². The van der Waals surface area contributed by atoms with Crippen LogP contribution in [0.1, 0.15) is 22.3 Å². The monoisotopic (exact) mass is 284 g/mol. The summed E-state index contributed by atoms with van der Waals surface area (Å²) in [6.45, 7) is 3.78. The molecule has 0 aliphatic rings. The number of nitriles is 1. The second kappa shape index (κ2) is 6.56. The Bertz CT molecular complexity index is 626. The van der Waals surface area contributed by atoms with Gasteiger partial charge >= 0.3 is 0 Å². The summed E-state index contributed by atoms with van der Waals surface area (Å²) >= 11 is 5.89. The number of hydrogen-bond acceptors (Lipinski definition) is 2. The van der Waals surface area contributed by atoms with E-state index in [2.05, 4.69) is 18.0 Å². The fraction of sp³-hybridized carbons (Fsp3) is 0.235. The largest absolute Gasteiger partial charge is 0.298 e. The van der Waals surface area contributed by atoms with Crippen LogP contribution in [-0.2, 0) is 13.1 Å². The van der Waals surface area contributed by atoms with Gasteiger partial charge in [0.05, 0.1) is 11.6 Å². The van der Waals surface area contributed by atoms with Crippen molar-refractivity contribution in [2.24, 2.45) is 0 Å². The Labute approximate surface area is 125 Å². The fourth-order valence-electron chi connectivity index (χ4n) is 2.19. The van der Waals surface area contributed by atoms with E-state index in [1.807, 2.05) is 49.4 Å². The molecule has 0 saturated heterocycles. The molecule has 2 nitrogen and oxygen atoms in total. The molecular weight excluding hydrogens is 268 g/mol. The first kappa shape index (κ1) is 14.6. The van der Waals surface area contributed by atoms with Crippen LogP contribution in [0.5, 0.6) is 0 Å². The Balaban J connectivity index is 2.03. The zero-order valence-electron chi connectivity index (χ0n) is 11.7. The van der Waals surface area contributed by atoms with Crippen molar-refractivity contribution >= 4 is 11.6 Å². The molecule has 0 unspecified atom stereocenters. The Morgan fingerprint density at radius 1 is 1.10 bits per heavy atom. The van der Waals surface area contributed by atoms with Crippen LogP contribution in [0.2, 0.25) is 5.02 Å². The van der Waals surface area contributed by atoms with Crippen molar-refractivity contribution in [3.05, 3.63) is 69.7 Å². The lowest BCUT2D eigenvalue weighted by Crippen LogP contribution is -2.17. The van der Waals surface area contributed by atoms with Crippen LogP contribution in [0, 0.1) is 18.3 Å². The molecule has 2 aromatic carbocycles. The van der Waals surface area contributed by atoms with Gasteiger partial charge in [-0.1, -0.05) is 29.8 Å². The number of aryl methyl sites for hydroxylation is 1. The maximum absolute atomic E-state index is 8.88. The average Bonchev–Trinajstić information content (AvgIpc) is 2.43. The summed E-state index contributed by atoms with van der Waals surface area (Å²) in [5.74, 6) is 0. The van der Waals surface area contributed by atoms with Gasteiger partial charge in [0.15, 0.2) is 0 Å². The summed E-state index contributed by atoms with van der Waals surface area (Å²) in [5.41, 5.74) is 4.36. The molecule has 20 heavy (non-hydrogen) atoms. The normalized spacial score (nSPS) is 10.6. The minimum atomic E-state index is 0.714. The Hall–Kier alpha value is -1.82. The van der Waals surface area contributed by atoms with Crippen LogP contribution in [0.4, 0.5) is 0 Å². The highest BCUT2D eigenvalue weighted by molar-refractivity contribution is 6.30. The molecule has 2 aromatic rings. The van der Waals surface area contributed by atoms with Crippen molar-refractivity contribution in [2.75, 3.05) is 7.05 Å². The van der Waals surface area contributed by atoms with Crippen LogP contribution in [0.15, 0.2) is 42.5 Å². The predicted molar refractivity (Wildman–Crippen MR) is 82.5 cm³/mol. The smallest absolute Gasteiger partial charge is 0.0991 e. The molecule has 0 aromatic heterocycles. The molecule has 102 valence electrons. The third-order valence-corrected chi connectivity index (χ3v) is 3.53. The summed E-state index contributed by atoms with van der Waals surface area (Å²) in [6, 6.07) is 15.9. The molecule has 2 rings (SSSR count). The second-order valence-corrected chi connectivity index (χ2v) is 5.49. The number of nitrogens with zero attached hydrogens (tertiary/aromatic N) is 2. The van der Waals surface area contributed by atoms with E-state index in [4.69, 9.17) is 16.9 Å². The summed E-state index contributed by atoms with van der Waals surface area (Å²) in [5, 5.41) is 9.64. The summed E-state index contributed by atoms with van der Waals surface area (Å²) < 4.78 is 0. The van der Waals surface area contributed by atoms with Crippen molar-refractivity contribution < 1.29 is 0 Å². The number of benzene rings is 2. The fourth-order valence-corrected chi connectivity index (χ4v) is 2.32. The van der Waals surface area contributed by atoms with Crippen molar-refractivity contribution in [1.82, 2.24) is 4.90 Å². The quantitative estimate of drug-likeness (QED) is 0.843. The lowest BCUT2D eigenvalue weighted by molar-refractivity contribution is 0.318. The molecule has 0 spiro atoms. The molecule has 0 aliphatic carbocycles. The summed E-state index contributed by atoms with van der Waals surface area (Å²) in [7, 11) is 2.09. The van der Waals surface area contributed by atoms with Crippen LogP contribution < -0.4 is 0 Å². The molecule has 0 saturated carbocycles. The first-order valence-corrected chi connectivity index (χ1v) is 6.89. The summed E-state index contributed by atoms with van der Waals surface area (Å²) in [6.07, 6.45) is 0. The molecule has 0 amide bonds. The average molecular weight is 285 g/mol. The van der Waals surface area contributed by atoms with Crippen molar-refractivity contribution in [3.8, 4) is 6.07 Å². The van der Waals surface area contributed by atoms with Gasteiger partial charge in [0.25, 0.3) is 0 Å². The maximum Gasteiger partial charge on any atom is 0.0991 e. The SMILES string of the molecule is Cc1cc(C#N)ccc1CN(C)Cc1ccc(Cl)cc1. The van der Waals surface area contributed by atoms with Gasteiger partial charge in [-0.25, -0.2) is 0 Å². The van der Waals surface area contributed by atoms with E-state index in [1.165, 1.54) is 11.1 Å². The van der Waals surface area contributed by atoms with E-state index >= 15 is 0 Å².